The van der Waals surface area contributed by atoms with E-state index >= 15 is 0 Å². The molecule has 1 aromatic carbocycles. The number of rotatable bonds is 3. The fraction of sp³-hybridized carbons (Fsp3) is 0.308. The van der Waals surface area contributed by atoms with E-state index in [1.807, 2.05) is 25.1 Å². The third-order valence-corrected chi connectivity index (χ3v) is 2.74. The van der Waals surface area contributed by atoms with E-state index in [2.05, 4.69) is 20.6 Å². The van der Waals surface area contributed by atoms with Crippen LogP contribution in [0, 0.1) is 0 Å². The number of nitrogens with one attached hydrogen (secondary N) is 2. The second-order valence-electron chi connectivity index (χ2n) is 3.98. The van der Waals surface area contributed by atoms with Crippen molar-refractivity contribution in [1.82, 2.24) is 5.32 Å². The Kier molecular flexibility index (Phi) is 3.72. The summed E-state index contributed by atoms with van der Waals surface area (Å²) < 4.78 is 0. The molecule has 1 aliphatic heterocycles. The Bertz CT molecular complexity index is 520. The zero-order valence-corrected chi connectivity index (χ0v) is 10.5. The largest absolute Gasteiger partial charge is 0.348 e. The van der Waals surface area contributed by atoms with Crippen LogP contribution < -0.4 is 10.6 Å². The number of carbonyl (C=O) groups excluding carboxylic acids is 1. The molecule has 1 heterocycles. The first-order chi connectivity index (χ1) is 8.74. The topological polar surface area (TPSA) is 65.8 Å². The van der Waals surface area contributed by atoms with Crippen molar-refractivity contribution >= 4 is 23.8 Å². The average molecular weight is 244 g/mol. The standard InChI is InChI=1S/C13H16N4O/c1-3-12(16-8-14-2)17-10-4-5-11-9(6-10)7-15-13(11)18/h4-6,8H,3,7H2,1-2H3,(H,15,18)(H,14,16,17). The van der Waals surface area contributed by atoms with Gasteiger partial charge in [-0.1, -0.05) is 6.92 Å². The molecule has 5 heteroatoms. The van der Waals surface area contributed by atoms with Crippen LogP contribution in [0.5, 0.6) is 0 Å². The van der Waals surface area contributed by atoms with Gasteiger partial charge in [0.1, 0.15) is 12.2 Å². The molecule has 2 N–H and O–H groups in total. The second-order valence-corrected chi connectivity index (χ2v) is 3.98. The van der Waals surface area contributed by atoms with Gasteiger partial charge < -0.3 is 10.6 Å². The Morgan fingerprint density at radius 1 is 1.56 bits per heavy atom. The summed E-state index contributed by atoms with van der Waals surface area (Å²) in [5.41, 5.74) is 2.71. The highest BCUT2D eigenvalue weighted by molar-refractivity contribution is 6.01. The summed E-state index contributed by atoms with van der Waals surface area (Å²) >= 11 is 0. The van der Waals surface area contributed by atoms with E-state index < -0.39 is 0 Å². The first-order valence-corrected chi connectivity index (χ1v) is 5.90. The van der Waals surface area contributed by atoms with E-state index in [0.717, 1.165) is 29.1 Å². The van der Waals surface area contributed by atoms with Crippen LogP contribution >= 0.6 is 0 Å². The second kappa shape index (κ2) is 5.44. The fourth-order valence-corrected chi connectivity index (χ4v) is 1.82. The van der Waals surface area contributed by atoms with Crippen molar-refractivity contribution in [1.29, 1.82) is 0 Å². The molecular weight excluding hydrogens is 228 g/mol. The molecule has 0 unspecified atom stereocenters. The molecule has 0 saturated carbocycles. The molecule has 0 saturated heterocycles. The number of carbonyl (C=O) groups is 1. The quantitative estimate of drug-likeness (QED) is 0.629. The van der Waals surface area contributed by atoms with Crippen LogP contribution in [0.4, 0.5) is 5.69 Å². The number of nitrogens with zero attached hydrogens (tertiary/aromatic N) is 2. The molecule has 0 fully saturated rings. The van der Waals surface area contributed by atoms with Gasteiger partial charge in [0.05, 0.1) is 0 Å². The molecule has 94 valence electrons. The highest BCUT2D eigenvalue weighted by Crippen LogP contribution is 2.20. The van der Waals surface area contributed by atoms with Gasteiger partial charge in [0.25, 0.3) is 5.91 Å². The Morgan fingerprint density at radius 2 is 2.39 bits per heavy atom. The Balaban J connectivity index is 2.18. The third-order valence-electron chi connectivity index (χ3n) is 2.74. The van der Waals surface area contributed by atoms with Crippen LogP contribution in [-0.2, 0) is 6.54 Å². The van der Waals surface area contributed by atoms with Gasteiger partial charge in [0.2, 0.25) is 0 Å². The van der Waals surface area contributed by atoms with Crippen LogP contribution in [0.2, 0.25) is 0 Å². The van der Waals surface area contributed by atoms with Gasteiger partial charge in [-0.15, -0.1) is 0 Å². The van der Waals surface area contributed by atoms with Crippen molar-refractivity contribution in [3.63, 3.8) is 0 Å². The average Bonchev–Trinajstić information content (AvgIpc) is 2.76. The summed E-state index contributed by atoms with van der Waals surface area (Å²) in [6, 6.07) is 5.70. The maximum atomic E-state index is 11.4. The Labute approximate surface area is 106 Å². The zero-order valence-electron chi connectivity index (χ0n) is 10.5. The predicted octanol–water partition coefficient (Wildman–Crippen LogP) is 1.81. The SMILES string of the molecule is CCC(=NC=NC)Nc1ccc2c(c1)CNC2=O. The lowest BCUT2D eigenvalue weighted by atomic mass is 10.1. The van der Waals surface area contributed by atoms with E-state index in [4.69, 9.17) is 0 Å². The first-order valence-electron chi connectivity index (χ1n) is 5.90. The van der Waals surface area contributed by atoms with Crippen LogP contribution in [-0.4, -0.2) is 25.1 Å². The van der Waals surface area contributed by atoms with Crippen LogP contribution in [0.25, 0.3) is 0 Å². The van der Waals surface area contributed by atoms with E-state index in [9.17, 15) is 4.79 Å². The third kappa shape index (κ3) is 2.56. The van der Waals surface area contributed by atoms with Gasteiger partial charge in [0.15, 0.2) is 0 Å². The molecule has 0 aliphatic carbocycles. The van der Waals surface area contributed by atoms with Crippen molar-refractivity contribution < 1.29 is 4.79 Å². The summed E-state index contributed by atoms with van der Waals surface area (Å²) in [5, 5.41) is 6.02. The molecule has 18 heavy (non-hydrogen) atoms. The van der Waals surface area contributed by atoms with Crippen LogP contribution in [0.3, 0.4) is 0 Å². The molecule has 0 aromatic heterocycles. The van der Waals surface area contributed by atoms with E-state index in [1.165, 1.54) is 6.34 Å². The van der Waals surface area contributed by atoms with Crippen LogP contribution in [0.15, 0.2) is 28.2 Å². The van der Waals surface area contributed by atoms with E-state index in [1.54, 1.807) is 7.05 Å². The number of amidine groups is 1. The Hall–Kier alpha value is -2.17. The number of hydrogen-bond acceptors (Lipinski definition) is 2. The molecule has 0 spiro atoms. The van der Waals surface area contributed by atoms with Gasteiger partial charge in [-0.25, -0.2) is 4.99 Å². The van der Waals surface area contributed by atoms with Gasteiger partial charge in [0, 0.05) is 31.3 Å². The number of fused-ring (bicyclic) bond motifs is 1. The van der Waals surface area contributed by atoms with Crippen molar-refractivity contribution in [2.75, 3.05) is 12.4 Å². The summed E-state index contributed by atoms with van der Waals surface area (Å²) in [6.45, 7) is 2.62. The van der Waals surface area contributed by atoms with Crippen molar-refractivity contribution in [3.8, 4) is 0 Å². The summed E-state index contributed by atoms with van der Waals surface area (Å²) in [7, 11) is 1.68. The Morgan fingerprint density at radius 3 is 3.11 bits per heavy atom. The van der Waals surface area contributed by atoms with Crippen molar-refractivity contribution in [2.45, 2.75) is 19.9 Å². The lowest BCUT2D eigenvalue weighted by Gasteiger charge is -2.08. The van der Waals surface area contributed by atoms with Crippen LogP contribution in [0.1, 0.15) is 29.3 Å². The minimum Gasteiger partial charge on any atom is -0.348 e. The maximum absolute atomic E-state index is 11.4. The minimum atomic E-state index is -0.000881. The molecule has 2 rings (SSSR count). The molecule has 1 aliphatic rings. The maximum Gasteiger partial charge on any atom is 0.251 e. The van der Waals surface area contributed by atoms with Gasteiger partial charge in [-0.05, 0) is 23.8 Å². The number of amides is 1. The van der Waals surface area contributed by atoms with Gasteiger partial charge in [-0.2, -0.15) is 0 Å². The number of benzene rings is 1. The molecule has 5 nitrogen and oxygen atoms in total. The molecule has 1 aromatic rings. The smallest absolute Gasteiger partial charge is 0.251 e. The molecule has 0 radical (unpaired) electrons. The van der Waals surface area contributed by atoms with E-state index in [0.29, 0.717) is 6.54 Å². The predicted molar refractivity (Wildman–Crippen MR) is 73.4 cm³/mol. The van der Waals surface area contributed by atoms with E-state index in [-0.39, 0.29) is 5.91 Å². The summed E-state index contributed by atoms with van der Waals surface area (Å²) in [4.78, 5) is 19.4. The first kappa shape index (κ1) is 12.3. The monoisotopic (exact) mass is 244 g/mol. The number of aliphatic imine (C=N–C) groups is 2. The number of anilines is 1. The highest BCUT2D eigenvalue weighted by atomic mass is 16.1. The summed E-state index contributed by atoms with van der Waals surface area (Å²) in [5.74, 6) is 0.844. The zero-order chi connectivity index (χ0) is 13.0. The van der Waals surface area contributed by atoms with Crippen molar-refractivity contribution in [3.05, 3.63) is 29.3 Å². The lowest BCUT2D eigenvalue weighted by Crippen LogP contribution is -2.12. The summed E-state index contributed by atoms with van der Waals surface area (Å²) in [6.07, 6.45) is 2.31. The number of hydrogen-bond donors (Lipinski definition) is 2. The normalized spacial score (nSPS) is 14.8. The molecule has 1 amide bonds. The van der Waals surface area contributed by atoms with Gasteiger partial charge >= 0.3 is 0 Å². The lowest BCUT2D eigenvalue weighted by molar-refractivity contribution is 0.0966. The molecule has 0 atom stereocenters. The van der Waals surface area contributed by atoms with Gasteiger partial charge in [-0.3, -0.25) is 9.79 Å². The fourth-order valence-electron chi connectivity index (χ4n) is 1.82. The molecule has 0 bridgehead atoms. The van der Waals surface area contributed by atoms with Crippen molar-refractivity contribution in [2.24, 2.45) is 9.98 Å². The minimum absolute atomic E-state index is 0.000881. The molecular formula is C13H16N4O. The highest BCUT2D eigenvalue weighted by Gasteiger charge is 2.18.